The number of thioether (sulfide) groups is 1. The van der Waals surface area contributed by atoms with E-state index in [1.807, 2.05) is 67.6 Å². The van der Waals surface area contributed by atoms with Gasteiger partial charge < -0.3 is 5.11 Å². The minimum absolute atomic E-state index is 0.552. The van der Waals surface area contributed by atoms with Crippen molar-refractivity contribution in [2.45, 2.75) is 12.5 Å². The fraction of sp³-hybridized carbons (Fsp3) is 0.176. The Balaban J connectivity index is 1.94. The van der Waals surface area contributed by atoms with Gasteiger partial charge in [0.25, 0.3) is 0 Å². The van der Waals surface area contributed by atoms with Crippen molar-refractivity contribution in [1.82, 2.24) is 0 Å². The zero-order chi connectivity index (χ0) is 13.6. The highest BCUT2D eigenvalue weighted by Crippen LogP contribution is 2.24. The van der Waals surface area contributed by atoms with E-state index in [4.69, 9.17) is 0 Å². The molecule has 0 spiro atoms. The van der Waals surface area contributed by atoms with Gasteiger partial charge in [0.2, 0.25) is 0 Å². The van der Waals surface area contributed by atoms with Crippen molar-refractivity contribution in [2.24, 2.45) is 0 Å². The minimum atomic E-state index is -0.850. The monoisotopic (exact) mass is 268 g/mol. The van der Waals surface area contributed by atoms with Gasteiger partial charge in [0.15, 0.2) is 0 Å². The van der Waals surface area contributed by atoms with Gasteiger partial charge >= 0.3 is 0 Å². The summed E-state index contributed by atoms with van der Waals surface area (Å²) >= 11 is 1.44. The Labute approximate surface area is 118 Å². The van der Waals surface area contributed by atoms with E-state index in [0.29, 0.717) is 5.75 Å². The van der Waals surface area contributed by atoms with E-state index in [1.165, 1.54) is 11.8 Å². The predicted octanol–water partition coefficient (Wildman–Crippen LogP) is 3.64. The van der Waals surface area contributed by atoms with Crippen LogP contribution in [-0.2, 0) is 5.60 Å². The molecule has 0 saturated heterocycles. The van der Waals surface area contributed by atoms with Crippen molar-refractivity contribution in [3.8, 4) is 11.2 Å². The summed E-state index contributed by atoms with van der Waals surface area (Å²) in [4.78, 5) is 0. The van der Waals surface area contributed by atoms with Crippen LogP contribution in [0.25, 0.3) is 0 Å². The maximum absolute atomic E-state index is 10.4. The lowest BCUT2D eigenvalue weighted by Gasteiger charge is -2.21. The fourth-order valence-corrected chi connectivity index (χ4v) is 2.38. The fourth-order valence-electron chi connectivity index (χ4n) is 1.67. The van der Waals surface area contributed by atoms with E-state index in [9.17, 15) is 5.11 Å². The molecule has 1 unspecified atom stereocenters. The Morgan fingerprint density at radius 3 is 2.21 bits per heavy atom. The molecule has 19 heavy (non-hydrogen) atoms. The Hall–Kier alpha value is -1.69. The second-order valence-corrected chi connectivity index (χ2v) is 5.30. The number of hydrogen-bond acceptors (Lipinski definition) is 2. The van der Waals surface area contributed by atoms with Crippen molar-refractivity contribution < 1.29 is 5.11 Å². The third-order valence-corrected chi connectivity index (χ3v) is 3.74. The molecule has 0 aliphatic heterocycles. The Morgan fingerprint density at radius 2 is 1.58 bits per heavy atom. The molecule has 0 saturated carbocycles. The number of benzene rings is 2. The summed E-state index contributed by atoms with van der Waals surface area (Å²) in [6.45, 7) is 1.82. The topological polar surface area (TPSA) is 20.2 Å². The summed E-state index contributed by atoms with van der Waals surface area (Å²) in [6, 6.07) is 19.5. The minimum Gasteiger partial charge on any atom is -0.385 e. The first-order valence-electron chi connectivity index (χ1n) is 6.14. The van der Waals surface area contributed by atoms with Crippen LogP contribution in [0.15, 0.2) is 60.7 Å². The molecule has 2 aromatic carbocycles. The van der Waals surface area contributed by atoms with Gasteiger partial charge in [-0.15, -0.1) is 0 Å². The van der Waals surface area contributed by atoms with Crippen LogP contribution in [0.2, 0.25) is 0 Å². The first kappa shape index (κ1) is 13.7. The van der Waals surface area contributed by atoms with Crippen molar-refractivity contribution in [1.29, 1.82) is 0 Å². The highest BCUT2D eigenvalue weighted by atomic mass is 32.2. The second kappa shape index (κ2) is 6.47. The molecule has 2 rings (SSSR count). The summed E-state index contributed by atoms with van der Waals surface area (Å²) in [6.07, 6.45) is 0. The molecular formula is C17H16OS. The predicted molar refractivity (Wildman–Crippen MR) is 81.8 cm³/mol. The lowest BCUT2D eigenvalue weighted by molar-refractivity contribution is 0.0841. The van der Waals surface area contributed by atoms with E-state index in [1.54, 1.807) is 0 Å². The summed E-state index contributed by atoms with van der Waals surface area (Å²) in [7, 11) is 0. The number of hydrogen-bond donors (Lipinski definition) is 1. The summed E-state index contributed by atoms with van der Waals surface area (Å²) < 4.78 is 0. The maximum Gasteiger partial charge on any atom is 0.0968 e. The van der Waals surface area contributed by atoms with Gasteiger partial charge in [-0.1, -0.05) is 66.2 Å². The van der Waals surface area contributed by atoms with Gasteiger partial charge in [0, 0.05) is 11.3 Å². The molecule has 1 atom stereocenters. The zero-order valence-corrected chi connectivity index (χ0v) is 11.7. The third-order valence-electron chi connectivity index (χ3n) is 2.79. The number of rotatable bonds is 3. The summed E-state index contributed by atoms with van der Waals surface area (Å²) in [5.74, 6) is 3.62. The standard InChI is InChI=1S/C17H16OS/c1-17(18,16-10-6-3-7-11-16)14-19-13-12-15-8-4-2-5-9-15/h2-11,18H,14H2,1H3. The molecule has 2 aromatic rings. The number of aliphatic hydroxyl groups is 1. The summed E-state index contributed by atoms with van der Waals surface area (Å²) in [5.41, 5.74) is 1.07. The van der Waals surface area contributed by atoms with Crippen LogP contribution >= 0.6 is 11.8 Å². The normalized spacial score (nSPS) is 13.2. The van der Waals surface area contributed by atoms with Crippen molar-refractivity contribution >= 4 is 11.8 Å². The molecule has 0 heterocycles. The Kier molecular flexibility index (Phi) is 4.68. The molecule has 0 radical (unpaired) electrons. The molecule has 0 aliphatic rings. The molecule has 0 bridgehead atoms. The highest BCUT2D eigenvalue weighted by molar-refractivity contribution is 8.03. The van der Waals surface area contributed by atoms with Gasteiger partial charge in [-0.3, -0.25) is 0 Å². The average Bonchev–Trinajstić information content (AvgIpc) is 2.46. The molecule has 1 N–H and O–H groups in total. The first-order chi connectivity index (χ1) is 9.18. The maximum atomic E-state index is 10.4. The van der Waals surface area contributed by atoms with Crippen LogP contribution in [0.5, 0.6) is 0 Å². The van der Waals surface area contributed by atoms with Crippen LogP contribution in [0.3, 0.4) is 0 Å². The van der Waals surface area contributed by atoms with E-state index < -0.39 is 5.60 Å². The molecule has 0 amide bonds. The van der Waals surface area contributed by atoms with Crippen LogP contribution in [0.4, 0.5) is 0 Å². The van der Waals surface area contributed by atoms with Gasteiger partial charge in [-0.2, -0.15) is 0 Å². The largest absolute Gasteiger partial charge is 0.385 e. The van der Waals surface area contributed by atoms with Gasteiger partial charge in [0.05, 0.1) is 5.60 Å². The second-order valence-electron chi connectivity index (χ2n) is 4.52. The van der Waals surface area contributed by atoms with Gasteiger partial charge in [0.1, 0.15) is 0 Å². The Morgan fingerprint density at radius 1 is 1.00 bits per heavy atom. The Bertz CT molecular complexity index is 564. The lowest BCUT2D eigenvalue weighted by atomic mass is 9.99. The third kappa shape index (κ3) is 4.17. The van der Waals surface area contributed by atoms with Crippen molar-refractivity contribution in [2.75, 3.05) is 5.75 Å². The summed E-state index contributed by atoms with van der Waals surface area (Å²) in [5, 5.41) is 13.4. The van der Waals surface area contributed by atoms with E-state index in [2.05, 4.69) is 11.2 Å². The quantitative estimate of drug-likeness (QED) is 0.858. The molecule has 96 valence electrons. The van der Waals surface area contributed by atoms with Crippen molar-refractivity contribution in [3.63, 3.8) is 0 Å². The molecule has 0 fully saturated rings. The van der Waals surface area contributed by atoms with E-state index in [0.717, 1.165) is 11.1 Å². The van der Waals surface area contributed by atoms with Gasteiger partial charge in [-0.25, -0.2) is 0 Å². The van der Waals surface area contributed by atoms with Crippen LogP contribution in [0, 0.1) is 11.2 Å². The van der Waals surface area contributed by atoms with E-state index >= 15 is 0 Å². The highest BCUT2D eigenvalue weighted by Gasteiger charge is 2.22. The van der Waals surface area contributed by atoms with Gasteiger partial charge in [-0.05, 0) is 29.9 Å². The average molecular weight is 268 g/mol. The smallest absolute Gasteiger partial charge is 0.0968 e. The van der Waals surface area contributed by atoms with E-state index in [-0.39, 0.29) is 0 Å². The molecule has 0 aromatic heterocycles. The lowest BCUT2D eigenvalue weighted by Crippen LogP contribution is -2.23. The molecular weight excluding hydrogens is 252 g/mol. The van der Waals surface area contributed by atoms with Crippen molar-refractivity contribution in [3.05, 3.63) is 71.8 Å². The molecule has 2 heteroatoms. The first-order valence-corrected chi connectivity index (χ1v) is 7.13. The SMILES string of the molecule is CC(O)(CSC#Cc1ccccc1)c1ccccc1. The molecule has 0 aliphatic carbocycles. The van der Waals surface area contributed by atoms with Crippen LogP contribution in [0.1, 0.15) is 18.1 Å². The van der Waals surface area contributed by atoms with Crippen LogP contribution < -0.4 is 0 Å². The van der Waals surface area contributed by atoms with Crippen LogP contribution in [-0.4, -0.2) is 10.9 Å². The molecule has 1 nitrogen and oxygen atoms in total. The zero-order valence-electron chi connectivity index (χ0n) is 10.8.